The molecule has 1 N–H and O–H groups in total. The van der Waals surface area contributed by atoms with Crippen molar-refractivity contribution in [2.75, 3.05) is 5.75 Å². The number of nitrogens with one attached hydrogen (secondary N) is 1. The summed E-state index contributed by atoms with van der Waals surface area (Å²) >= 11 is 0. The molecule has 1 aromatic carbocycles. The molecular formula is C17H21N3O3S. The van der Waals surface area contributed by atoms with Gasteiger partial charge in [0, 0.05) is 0 Å². The normalized spacial score (nSPS) is 12.0. The number of nitrogens with zero attached hydrogens (tertiary/aromatic N) is 2. The highest BCUT2D eigenvalue weighted by Crippen LogP contribution is 2.29. The Labute approximate surface area is 142 Å². The van der Waals surface area contributed by atoms with Crippen molar-refractivity contribution < 1.29 is 13.2 Å². The van der Waals surface area contributed by atoms with Crippen LogP contribution < -0.4 is 4.74 Å². The SMILES string of the molecule is Cc1[nH]nc(CS(=O)(=O)CC(C)(C)C)c1Oc1ccc(C#N)cc1. The largest absolute Gasteiger partial charge is 0.453 e. The first-order chi connectivity index (χ1) is 11.1. The summed E-state index contributed by atoms with van der Waals surface area (Å²) in [5.41, 5.74) is 1.22. The summed E-state index contributed by atoms with van der Waals surface area (Å²) in [4.78, 5) is 0. The first-order valence-corrected chi connectivity index (χ1v) is 9.34. The molecule has 0 saturated carbocycles. The van der Waals surface area contributed by atoms with Crippen molar-refractivity contribution in [1.29, 1.82) is 5.26 Å². The molecule has 0 atom stereocenters. The number of H-pyrrole nitrogens is 1. The van der Waals surface area contributed by atoms with E-state index in [1.165, 1.54) is 0 Å². The zero-order valence-electron chi connectivity index (χ0n) is 14.3. The summed E-state index contributed by atoms with van der Waals surface area (Å²) < 4.78 is 30.5. The van der Waals surface area contributed by atoms with Gasteiger partial charge in [0.05, 0.1) is 28.8 Å². The fourth-order valence-corrected chi connectivity index (χ4v) is 4.37. The average molecular weight is 347 g/mol. The zero-order chi connectivity index (χ0) is 18.0. The molecule has 128 valence electrons. The van der Waals surface area contributed by atoms with Crippen LogP contribution >= 0.6 is 0 Å². The monoisotopic (exact) mass is 347 g/mol. The van der Waals surface area contributed by atoms with Gasteiger partial charge in [-0.15, -0.1) is 0 Å². The van der Waals surface area contributed by atoms with Gasteiger partial charge >= 0.3 is 0 Å². The molecule has 7 heteroatoms. The van der Waals surface area contributed by atoms with Crippen LogP contribution in [0, 0.1) is 23.7 Å². The minimum absolute atomic E-state index is 0.0716. The molecular weight excluding hydrogens is 326 g/mol. The standard InChI is InChI=1S/C17H21N3O3S/c1-12-16(23-14-7-5-13(9-18)6-8-14)15(20-19-12)10-24(21,22)11-17(2,3)4/h5-8H,10-11H2,1-4H3,(H,19,20). The summed E-state index contributed by atoms with van der Waals surface area (Å²) in [5.74, 6) is 0.827. The summed E-state index contributed by atoms with van der Waals surface area (Å²) in [5, 5.41) is 15.7. The molecule has 24 heavy (non-hydrogen) atoms. The first kappa shape index (κ1) is 18.0. The highest BCUT2D eigenvalue weighted by Gasteiger charge is 2.25. The summed E-state index contributed by atoms with van der Waals surface area (Å²) in [7, 11) is -3.31. The Bertz CT molecular complexity index is 854. The first-order valence-electron chi connectivity index (χ1n) is 7.52. The molecule has 0 amide bonds. The second-order valence-electron chi connectivity index (χ2n) is 6.96. The molecule has 2 rings (SSSR count). The number of rotatable bonds is 5. The van der Waals surface area contributed by atoms with E-state index >= 15 is 0 Å². The number of sulfone groups is 1. The smallest absolute Gasteiger partial charge is 0.172 e. The van der Waals surface area contributed by atoms with E-state index in [0.717, 1.165) is 0 Å². The van der Waals surface area contributed by atoms with E-state index in [1.807, 2.05) is 26.8 Å². The van der Waals surface area contributed by atoms with Crippen molar-refractivity contribution in [2.24, 2.45) is 5.41 Å². The average Bonchev–Trinajstić information content (AvgIpc) is 2.78. The predicted molar refractivity (Wildman–Crippen MR) is 91.5 cm³/mol. The van der Waals surface area contributed by atoms with Crippen molar-refractivity contribution in [3.63, 3.8) is 0 Å². The van der Waals surface area contributed by atoms with Crippen LogP contribution in [0.5, 0.6) is 11.5 Å². The van der Waals surface area contributed by atoms with Crippen molar-refractivity contribution in [2.45, 2.75) is 33.4 Å². The summed E-state index contributed by atoms with van der Waals surface area (Å²) in [6.07, 6.45) is 0. The molecule has 0 radical (unpaired) electrons. The molecule has 0 spiro atoms. The van der Waals surface area contributed by atoms with E-state index < -0.39 is 9.84 Å². The van der Waals surface area contributed by atoms with Gasteiger partial charge in [0.1, 0.15) is 11.4 Å². The number of hydrogen-bond donors (Lipinski definition) is 1. The van der Waals surface area contributed by atoms with Crippen molar-refractivity contribution in [3.05, 3.63) is 41.2 Å². The molecule has 2 aromatic rings. The van der Waals surface area contributed by atoms with Crippen LogP contribution in [0.2, 0.25) is 0 Å². The molecule has 0 aliphatic carbocycles. The van der Waals surface area contributed by atoms with Gasteiger partial charge in [0.25, 0.3) is 0 Å². The minimum Gasteiger partial charge on any atom is -0.453 e. The number of nitriles is 1. The van der Waals surface area contributed by atoms with Gasteiger partial charge < -0.3 is 4.74 Å². The number of ether oxygens (including phenoxy) is 1. The number of aromatic amines is 1. The summed E-state index contributed by atoms with van der Waals surface area (Å²) in [6, 6.07) is 8.64. The lowest BCUT2D eigenvalue weighted by molar-refractivity contribution is 0.459. The third-order valence-corrected chi connectivity index (χ3v) is 5.19. The molecule has 0 unspecified atom stereocenters. The van der Waals surface area contributed by atoms with E-state index in [0.29, 0.717) is 28.5 Å². The van der Waals surface area contributed by atoms with Gasteiger partial charge in [-0.1, -0.05) is 20.8 Å². The van der Waals surface area contributed by atoms with Crippen molar-refractivity contribution >= 4 is 9.84 Å². The van der Waals surface area contributed by atoms with E-state index in [9.17, 15) is 8.42 Å². The van der Waals surface area contributed by atoms with Crippen LogP contribution in [0.3, 0.4) is 0 Å². The summed E-state index contributed by atoms with van der Waals surface area (Å²) in [6.45, 7) is 7.42. The fraction of sp³-hybridized carbons (Fsp3) is 0.412. The molecule has 0 fully saturated rings. The lowest BCUT2D eigenvalue weighted by Gasteiger charge is -2.17. The van der Waals surface area contributed by atoms with E-state index in [-0.39, 0.29) is 16.9 Å². The van der Waals surface area contributed by atoms with Crippen LogP contribution in [0.4, 0.5) is 0 Å². The fourth-order valence-electron chi connectivity index (χ4n) is 2.34. The second-order valence-corrected chi connectivity index (χ2v) is 9.02. The van der Waals surface area contributed by atoms with Crippen LogP contribution in [-0.4, -0.2) is 24.4 Å². The molecule has 0 aliphatic rings. The minimum atomic E-state index is -3.31. The Balaban J connectivity index is 2.23. The molecule has 0 aliphatic heterocycles. The van der Waals surface area contributed by atoms with Crippen molar-refractivity contribution in [1.82, 2.24) is 10.2 Å². The van der Waals surface area contributed by atoms with Gasteiger partial charge in [0.2, 0.25) is 0 Å². The van der Waals surface area contributed by atoms with E-state index in [1.54, 1.807) is 31.2 Å². The molecule has 0 saturated heterocycles. The topological polar surface area (TPSA) is 95.8 Å². The molecule has 6 nitrogen and oxygen atoms in total. The quantitative estimate of drug-likeness (QED) is 0.895. The number of hydrogen-bond acceptors (Lipinski definition) is 5. The molecule has 0 bridgehead atoms. The predicted octanol–water partition coefficient (Wildman–Crippen LogP) is 3.34. The maximum Gasteiger partial charge on any atom is 0.172 e. The third kappa shape index (κ3) is 4.83. The Morgan fingerprint density at radius 2 is 1.88 bits per heavy atom. The van der Waals surface area contributed by atoms with Crippen molar-refractivity contribution in [3.8, 4) is 17.6 Å². The van der Waals surface area contributed by atoms with E-state index in [2.05, 4.69) is 10.2 Å². The van der Waals surface area contributed by atoms with Gasteiger partial charge in [-0.2, -0.15) is 10.4 Å². The lowest BCUT2D eigenvalue weighted by atomic mass is 10.0. The van der Waals surface area contributed by atoms with Crippen LogP contribution in [0.25, 0.3) is 0 Å². The number of aryl methyl sites for hydroxylation is 1. The third-order valence-electron chi connectivity index (χ3n) is 3.17. The Hall–Kier alpha value is -2.33. The number of aromatic nitrogens is 2. The van der Waals surface area contributed by atoms with Gasteiger partial charge in [-0.25, -0.2) is 8.42 Å². The van der Waals surface area contributed by atoms with Gasteiger partial charge in [-0.05, 0) is 36.6 Å². The highest BCUT2D eigenvalue weighted by atomic mass is 32.2. The van der Waals surface area contributed by atoms with Gasteiger partial charge in [0.15, 0.2) is 15.6 Å². The van der Waals surface area contributed by atoms with Crippen LogP contribution in [-0.2, 0) is 15.6 Å². The van der Waals surface area contributed by atoms with E-state index in [4.69, 9.17) is 10.00 Å². The lowest BCUT2D eigenvalue weighted by Crippen LogP contribution is -2.22. The van der Waals surface area contributed by atoms with Gasteiger partial charge in [-0.3, -0.25) is 5.10 Å². The Kier molecular flexibility index (Phi) is 4.99. The maximum atomic E-state index is 12.4. The molecule has 1 aromatic heterocycles. The van der Waals surface area contributed by atoms with Crippen LogP contribution in [0.1, 0.15) is 37.7 Å². The Morgan fingerprint density at radius 1 is 1.25 bits per heavy atom. The zero-order valence-corrected chi connectivity index (χ0v) is 15.1. The number of benzene rings is 1. The maximum absolute atomic E-state index is 12.4. The Morgan fingerprint density at radius 3 is 2.42 bits per heavy atom. The van der Waals surface area contributed by atoms with Crippen LogP contribution in [0.15, 0.2) is 24.3 Å². The molecule has 1 heterocycles. The highest BCUT2D eigenvalue weighted by molar-refractivity contribution is 7.90. The second kappa shape index (κ2) is 6.65.